The topological polar surface area (TPSA) is 84.2 Å². The standard InChI is InChI=1S/C22H27N3O2.ClH/c1-15(16-8-3-2-4-9-16)24-22(27)18-11-5-6-13-20(18)25-21(26)14-17-10-7-12-19(17)23;/h2-6,8-9,11,13,15,17,19H,7,10,12,14,23H2,1H3,(H,24,27)(H,25,26);1H/t15?,17-,19+;/m0./s1. The van der Waals surface area contributed by atoms with E-state index in [-0.39, 0.29) is 42.2 Å². The normalized spacial score (nSPS) is 19.4. The number of benzene rings is 2. The van der Waals surface area contributed by atoms with Gasteiger partial charge in [0.1, 0.15) is 0 Å². The third-order valence-corrected chi connectivity index (χ3v) is 5.26. The van der Waals surface area contributed by atoms with Gasteiger partial charge in [0.15, 0.2) is 0 Å². The molecule has 28 heavy (non-hydrogen) atoms. The maximum atomic E-state index is 12.7. The summed E-state index contributed by atoms with van der Waals surface area (Å²) in [6.07, 6.45) is 3.45. The van der Waals surface area contributed by atoms with Crippen LogP contribution in [0.1, 0.15) is 54.6 Å². The van der Waals surface area contributed by atoms with Gasteiger partial charge >= 0.3 is 0 Å². The number of para-hydroxylation sites is 1. The summed E-state index contributed by atoms with van der Waals surface area (Å²) in [5, 5.41) is 5.89. The molecule has 2 amide bonds. The fourth-order valence-corrected chi connectivity index (χ4v) is 3.65. The van der Waals surface area contributed by atoms with Crippen molar-refractivity contribution in [1.29, 1.82) is 0 Å². The minimum Gasteiger partial charge on any atom is -0.345 e. The Morgan fingerprint density at radius 1 is 1.07 bits per heavy atom. The molecule has 1 aliphatic rings. The van der Waals surface area contributed by atoms with Gasteiger partial charge in [0.05, 0.1) is 17.3 Å². The Labute approximate surface area is 172 Å². The molecule has 0 spiro atoms. The number of hydrogen-bond acceptors (Lipinski definition) is 3. The first kappa shape index (κ1) is 21.9. The van der Waals surface area contributed by atoms with E-state index in [0.717, 1.165) is 24.8 Å². The third-order valence-electron chi connectivity index (χ3n) is 5.26. The van der Waals surface area contributed by atoms with Crippen LogP contribution < -0.4 is 16.4 Å². The van der Waals surface area contributed by atoms with Crippen LogP contribution in [0.5, 0.6) is 0 Å². The smallest absolute Gasteiger partial charge is 0.253 e. The Morgan fingerprint density at radius 3 is 2.43 bits per heavy atom. The maximum Gasteiger partial charge on any atom is 0.253 e. The molecule has 3 atom stereocenters. The van der Waals surface area contributed by atoms with Crippen LogP contribution in [0.3, 0.4) is 0 Å². The van der Waals surface area contributed by atoms with Crippen LogP contribution >= 0.6 is 12.4 Å². The highest BCUT2D eigenvalue weighted by Crippen LogP contribution is 2.27. The van der Waals surface area contributed by atoms with Gasteiger partial charge in [-0.05, 0) is 43.4 Å². The Hall–Kier alpha value is -2.37. The van der Waals surface area contributed by atoms with Crippen molar-refractivity contribution in [2.45, 2.75) is 44.7 Å². The number of carbonyl (C=O) groups is 2. The quantitative estimate of drug-likeness (QED) is 0.682. The first-order chi connectivity index (χ1) is 13.0. The summed E-state index contributed by atoms with van der Waals surface area (Å²) >= 11 is 0. The van der Waals surface area contributed by atoms with Crippen LogP contribution in [0.4, 0.5) is 5.69 Å². The molecule has 0 saturated heterocycles. The Bertz CT molecular complexity index is 797. The number of amides is 2. The molecule has 0 radical (unpaired) electrons. The summed E-state index contributed by atoms with van der Waals surface area (Å²) in [6.45, 7) is 1.94. The Kier molecular flexibility index (Phi) is 8.03. The minimum absolute atomic E-state index is 0. The lowest BCUT2D eigenvalue weighted by Gasteiger charge is -2.18. The van der Waals surface area contributed by atoms with Gasteiger partial charge in [-0.2, -0.15) is 0 Å². The van der Waals surface area contributed by atoms with Crippen molar-refractivity contribution >= 4 is 29.9 Å². The molecule has 3 rings (SSSR count). The summed E-state index contributed by atoms with van der Waals surface area (Å²) in [6, 6.07) is 16.9. The van der Waals surface area contributed by atoms with Gasteiger partial charge in [-0.25, -0.2) is 0 Å². The zero-order chi connectivity index (χ0) is 19.2. The van der Waals surface area contributed by atoms with Gasteiger partial charge in [-0.15, -0.1) is 12.4 Å². The van der Waals surface area contributed by atoms with Crippen molar-refractivity contribution in [2.75, 3.05) is 5.32 Å². The second-order valence-corrected chi connectivity index (χ2v) is 7.26. The van der Waals surface area contributed by atoms with Crippen LogP contribution in [0.25, 0.3) is 0 Å². The Balaban J connectivity index is 0.00000280. The lowest BCUT2D eigenvalue weighted by atomic mass is 9.99. The molecule has 2 aromatic carbocycles. The maximum absolute atomic E-state index is 12.7. The number of nitrogens with one attached hydrogen (secondary N) is 2. The van der Waals surface area contributed by atoms with E-state index in [1.165, 1.54) is 0 Å². The number of halogens is 1. The van der Waals surface area contributed by atoms with Gasteiger partial charge in [0.25, 0.3) is 5.91 Å². The van der Waals surface area contributed by atoms with E-state index in [1.807, 2.05) is 43.3 Å². The van der Waals surface area contributed by atoms with E-state index in [9.17, 15) is 9.59 Å². The predicted molar refractivity (Wildman–Crippen MR) is 115 cm³/mol. The third kappa shape index (κ3) is 5.57. The first-order valence-corrected chi connectivity index (χ1v) is 9.55. The molecule has 1 unspecified atom stereocenters. The van der Waals surface area contributed by atoms with Crippen molar-refractivity contribution < 1.29 is 9.59 Å². The number of anilines is 1. The van der Waals surface area contributed by atoms with Crippen LogP contribution in [0.15, 0.2) is 54.6 Å². The molecule has 1 aliphatic carbocycles. The Morgan fingerprint density at radius 2 is 1.75 bits per heavy atom. The SMILES string of the molecule is CC(NC(=O)c1ccccc1NC(=O)C[C@@H]1CCC[C@H]1N)c1ccccc1.Cl. The number of carbonyl (C=O) groups excluding carboxylic acids is 2. The highest BCUT2D eigenvalue weighted by molar-refractivity contribution is 6.03. The van der Waals surface area contributed by atoms with E-state index in [4.69, 9.17) is 5.73 Å². The van der Waals surface area contributed by atoms with Crippen LogP contribution in [-0.2, 0) is 4.79 Å². The van der Waals surface area contributed by atoms with Crippen molar-refractivity contribution in [3.63, 3.8) is 0 Å². The molecule has 2 aromatic rings. The molecule has 1 fully saturated rings. The van der Waals surface area contributed by atoms with Crippen LogP contribution in [0.2, 0.25) is 0 Å². The van der Waals surface area contributed by atoms with Gasteiger partial charge < -0.3 is 16.4 Å². The lowest BCUT2D eigenvalue weighted by Crippen LogP contribution is -2.30. The van der Waals surface area contributed by atoms with Gasteiger partial charge in [-0.3, -0.25) is 9.59 Å². The highest BCUT2D eigenvalue weighted by atomic mass is 35.5. The minimum atomic E-state index is -0.208. The van der Waals surface area contributed by atoms with E-state index in [0.29, 0.717) is 17.7 Å². The molecule has 0 aromatic heterocycles. The molecule has 5 nitrogen and oxygen atoms in total. The van der Waals surface area contributed by atoms with E-state index in [1.54, 1.807) is 18.2 Å². The molecular formula is C22H28ClN3O2. The summed E-state index contributed by atoms with van der Waals surface area (Å²) < 4.78 is 0. The molecule has 0 heterocycles. The summed E-state index contributed by atoms with van der Waals surface area (Å²) in [5.74, 6) is -0.0716. The summed E-state index contributed by atoms with van der Waals surface area (Å²) in [7, 11) is 0. The molecule has 4 N–H and O–H groups in total. The number of hydrogen-bond donors (Lipinski definition) is 3. The summed E-state index contributed by atoms with van der Waals surface area (Å²) in [4.78, 5) is 25.2. The average molecular weight is 402 g/mol. The second-order valence-electron chi connectivity index (χ2n) is 7.26. The van der Waals surface area contributed by atoms with Crippen molar-refractivity contribution in [1.82, 2.24) is 5.32 Å². The summed E-state index contributed by atoms with van der Waals surface area (Å²) in [5.41, 5.74) is 8.09. The largest absolute Gasteiger partial charge is 0.345 e. The van der Waals surface area contributed by atoms with E-state index < -0.39 is 0 Å². The fraction of sp³-hybridized carbons (Fsp3) is 0.364. The monoisotopic (exact) mass is 401 g/mol. The van der Waals surface area contributed by atoms with Crippen molar-refractivity contribution in [2.24, 2.45) is 11.7 Å². The van der Waals surface area contributed by atoms with E-state index >= 15 is 0 Å². The second kappa shape index (κ2) is 10.2. The van der Waals surface area contributed by atoms with Crippen LogP contribution in [0, 0.1) is 5.92 Å². The average Bonchev–Trinajstić information content (AvgIpc) is 3.07. The number of rotatable bonds is 6. The molecular weight excluding hydrogens is 374 g/mol. The zero-order valence-corrected chi connectivity index (χ0v) is 16.9. The first-order valence-electron chi connectivity index (χ1n) is 9.55. The molecule has 0 bridgehead atoms. The number of nitrogens with two attached hydrogens (primary N) is 1. The lowest BCUT2D eigenvalue weighted by molar-refractivity contribution is -0.117. The van der Waals surface area contributed by atoms with Gasteiger partial charge in [-0.1, -0.05) is 48.9 Å². The molecule has 0 aliphatic heterocycles. The van der Waals surface area contributed by atoms with Crippen molar-refractivity contribution in [3.8, 4) is 0 Å². The van der Waals surface area contributed by atoms with Gasteiger partial charge in [0, 0.05) is 12.5 Å². The highest BCUT2D eigenvalue weighted by Gasteiger charge is 2.26. The van der Waals surface area contributed by atoms with Crippen LogP contribution in [-0.4, -0.2) is 17.9 Å². The van der Waals surface area contributed by atoms with Gasteiger partial charge in [0.2, 0.25) is 5.91 Å². The fourth-order valence-electron chi connectivity index (χ4n) is 3.65. The zero-order valence-electron chi connectivity index (χ0n) is 16.1. The predicted octanol–water partition coefficient (Wildman–Crippen LogP) is 4.06. The van der Waals surface area contributed by atoms with Crippen molar-refractivity contribution in [3.05, 3.63) is 65.7 Å². The molecule has 150 valence electrons. The molecule has 6 heteroatoms. The molecule has 1 saturated carbocycles. The van der Waals surface area contributed by atoms with E-state index in [2.05, 4.69) is 10.6 Å².